The molecule has 1 unspecified atom stereocenters. The van der Waals surface area contributed by atoms with Gasteiger partial charge >= 0.3 is 0 Å². The maximum atomic E-state index is 5.47. The molecular weight excluding hydrogens is 252 g/mol. The lowest BCUT2D eigenvalue weighted by molar-refractivity contribution is 0.321. The topological polar surface area (TPSA) is 47.3 Å². The standard InChI is InChI=1S/C16H20N2O2/c1-19-14-6-4-13(5-7-14)15-11-18-20-16(15)9-12-3-2-8-17-10-12/h4-7,11-12,17H,2-3,8-10H2,1H3. The van der Waals surface area contributed by atoms with Crippen molar-refractivity contribution in [3.8, 4) is 16.9 Å². The molecule has 3 rings (SSSR count). The van der Waals surface area contributed by atoms with Crippen LogP contribution in [0.3, 0.4) is 0 Å². The van der Waals surface area contributed by atoms with Crippen molar-refractivity contribution in [3.63, 3.8) is 0 Å². The van der Waals surface area contributed by atoms with Crippen LogP contribution < -0.4 is 10.1 Å². The molecule has 0 aliphatic carbocycles. The number of piperidine rings is 1. The van der Waals surface area contributed by atoms with Gasteiger partial charge in [0.15, 0.2) is 0 Å². The molecule has 0 bridgehead atoms. The smallest absolute Gasteiger partial charge is 0.144 e. The lowest BCUT2D eigenvalue weighted by Gasteiger charge is -2.21. The summed E-state index contributed by atoms with van der Waals surface area (Å²) in [5.41, 5.74) is 2.23. The van der Waals surface area contributed by atoms with Crippen molar-refractivity contribution in [1.82, 2.24) is 10.5 Å². The molecule has 2 aromatic rings. The first-order valence-electron chi connectivity index (χ1n) is 7.15. The van der Waals surface area contributed by atoms with E-state index < -0.39 is 0 Å². The van der Waals surface area contributed by atoms with E-state index in [1.54, 1.807) is 7.11 Å². The quantitative estimate of drug-likeness (QED) is 0.929. The Bertz CT molecular complexity index is 542. The zero-order valence-electron chi connectivity index (χ0n) is 11.8. The Hall–Kier alpha value is -1.81. The molecule has 106 valence electrons. The van der Waals surface area contributed by atoms with Gasteiger partial charge < -0.3 is 14.6 Å². The molecule has 1 saturated heterocycles. The van der Waals surface area contributed by atoms with Gasteiger partial charge in [0.25, 0.3) is 0 Å². The molecule has 4 heteroatoms. The van der Waals surface area contributed by atoms with Gasteiger partial charge in [-0.3, -0.25) is 0 Å². The minimum Gasteiger partial charge on any atom is -0.497 e. The van der Waals surface area contributed by atoms with Gasteiger partial charge in [-0.1, -0.05) is 17.3 Å². The number of rotatable bonds is 4. The van der Waals surface area contributed by atoms with E-state index in [2.05, 4.69) is 10.5 Å². The zero-order valence-corrected chi connectivity index (χ0v) is 11.8. The molecule has 0 radical (unpaired) electrons. The monoisotopic (exact) mass is 272 g/mol. The van der Waals surface area contributed by atoms with Crippen molar-refractivity contribution in [2.45, 2.75) is 19.3 Å². The molecular formula is C16H20N2O2. The van der Waals surface area contributed by atoms with Crippen LogP contribution in [0.25, 0.3) is 11.1 Å². The van der Waals surface area contributed by atoms with Gasteiger partial charge in [-0.15, -0.1) is 0 Å². The van der Waals surface area contributed by atoms with Gasteiger partial charge in [0.05, 0.1) is 13.3 Å². The van der Waals surface area contributed by atoms with Crippen LogP contribution in [0.5, 0.6) is 5.75 Å². The van der Waals surface area contributed by atoms with Crippen molar-refractivity contribution in [2.75, 3.05) is 20.2 Å². The third-order valence-corrected chi connectivity index (χ3v) is 3.92. The Balaban J connectivity index is 1.77. The highest BCUT2D eigenvalue weighted by molar-refractivity contribution is 5.65. The van der Waals surface area contributed by atoms with Crippen molar-refractivity contribution >= 4 is 0 Å². The fourth-order valence-corrected chi connectivity index (χ4v) is 2.78. The van der Waals surface area contributed by atoms with Gasteiger partial charge in [-0.2, -0.15) is 0 Å². The number of hydrogen-bond acceptors (Lipinski definition) is 4. The highest BCUT2D eigenvalue weighted by Gasteiger charge is 2.18. The molecule has 0 spiro atoms. The van der Waals surface area contributed by atoms with Crippen LogP contribution in [0, 0.1) is 5.92 Å². The largest absolute Gasteiger partial charge is 0.497 e. The Morgan fingerprint density at radius 2 is 2.20 bits per heavy atom. The van der Waals surface area contributed by atoms with E-state index in [9.17, 15) is 0 Å². The SMILES string of the molecule is COc1ccc(-c2cnoc2CC2CCCNC2)cc1. The molecule has 1 aliphatic heterocycles. The van der Waals surface area contributed by atoms with Crippen molar-refractivity contribution in [1.29, 1.82) is 0 Å². The molecule has 1 aliphatic rings. The van der Waals surface area contributed by atoms with Gasteiger partial charge in [0.1, 0.15) is 11.5 Å². The number of ether oxygens (including phenoxy) is 1. The average Bonchev–Trinajstić information content (AvgIpc) is 2.96. The Labute approximate surface area is 119 Å². The molecule has 1 aromatic heterocycles. The summed E-state index contributed by atoms with van der Waals surface area (Å²) in [5, 5.41) is 7.42. The second-order valence-electron chi connectivity index (χ2n) is 5.31. The van der Waals surface area contributed by atoms with Crippen molar-refractivity contribution < 1.29 is 9.26 Å². The second-order valence-corrected chi connectivity index (χ2v) is 5.31. The number of nitrogens with one attached hydrogen (secondary N) is 1. The van der Waals surface area contributed by atoms with E-state index in [0.29, 0.717) is 5.92 Å². The number of methoxy groups -OCH3 is 1. The van der Waals surface area contributed by atoms with E-state index in [1.807, 2.05) is 30.5 Å². The van der Waals surface area contributed by atoms with E-state index in [0.717, 1.165) is 42.1 Å². The number of hydrogen-bond donors (Lipinski definition) is 1. The highest BCUT2D eigenvalue weighted by Crippen LogP contribution is 2.28. The molecule has 0 amide bonds. The molecule has 1 aromatic carbocycles. The molecule has 1 atom stereocenters. The van der Waals surface area contributed by atoms with Crippen molar-refractivity contribution in [3.05, 3.63) is 36.2 Å². The van der Waals surface area contributed by atoms with E-state index >= 15 is 0 Å². The van der Waals surface area contributed by atoms with Gasteiger partial charge in [-0.25, -0.2) is 0 Å². The third kappa shape index (κ3) is 2.85. The fraction of sp³-hybridized carbons (Fsp3) is 0.438. The first kappa shape index (κ1) is 13.2. The van der Waals surface area contributed by atoms with Crippen LogP contribution in [0.15, 0.2) is 35.0 Å². The molecule has 20 heavy (non-hydrogen) atoms. The maximum absolute atomic E-state index is 5.47. The van der Waals surface area contributed by atoms with Crippen LogP contribution in [-0.2, 0) is 6.42 Å². The number of benzene rings is 1. The van der Waals surface area contributed by atoms with E-state index in [-0.39, 0.29) is 0 Å². The molecule has 1 N–H and O–H groups in total. The number of aromatic nitrogens is 1. The summed E-state index contributed by atoms with van der Waals surface area (Å²) < 4.78 is 10.7. The highest BCUT2D eigenvalue weighted by atomic mass is 16.5. The average molecular weight is 272 g/mol. The van der Waals surface area contributed by atoms with Gasteiger partial charge in [0.2, 0.25) is 0 Å². The number of nitrogens with zero attached hydrogens (tertiary/aromatic N) is 1. The fourth-order valence-electron chi connectivity index (χ4n) is 2.78. The second kappa shape index (κ2) is 6.09. The maximum Gasteiger partial charge on any atom is 0.144 e. The summed E-state index contributed by atoms with van der Waals surface area (Å²) >= 11 is 0. The summed E-state index contributed by atoms with van der Waals surface area (Å²) in [6.45, 7) is 2.21. The Morgan fingerprint density at radius 1 is 1.35 bits per heavy atom. The van der Waals surface area contributed by atoms with Gasteiger partial charge in [-0.05, 0) is 49.5 Å². The molecule has 2 heterocycles. The van der Waals surface area contributed by atoms with E-state index in [4.69, 9.17) is 9.26 Å². The minimum atomic E-state index is 0.647. The van der Waals surface area contributed by atoms with Crippen LogP contribution in [0.4, 0.5) is 0 Å². The summed E-state index contributed by atoms with van der Waals surface area (Å²) in [4.78, 5) is 0. The Kier molecular flexibility index (Phi) is 4.02. The van der Waals surface area contributed by atoms with Crippen LogP contribution >= 0.6 is 0 Å². The van der Waals surface area contributed by atoms with Crippen LogP contribution in [0.2, 0.25) is 0 Å². The summed E-state index contributed by atoms with van der Waals surface area (Å²) in [6, 6.07) is 8.03. The predicted octanol–water partition coefficient (Wildman–Crippen LogP) is 2.89. The molecule has 1 fully saturated rings. The lowest BCUT2D eigenvalue weighted by atomic mass is 9.93. The van der Waals surface area contributed by atoms with Crippen molar-refractivity contribution in [2.24, 2.45) is 5.92 Å². The van der Waals surface area contributed by atoms with Crippen LogP contribution in [0.1, 0.15) is 18.6 Å². The Morgan fingerprint density at radius 3 is 2.90 bits per heavy atom. The summed E-state index contributed by atoms with van der Waals surface area (Å²) in [7, 11) is 1.68. The zero-order chi connectivity index (χ0) is 13.8. The molecule has 4 nitrogen and oxygen atoms in total. The van der Waals surface area contributed by atoms with Gasteiger partial charge in [0, 0.05) is 12.0 Å². The third-order valence-electron chi connectivity index (χ3n) is 3.92. The van der Waals surface area contributed by atoms with Crippen LogP contribution in [-0.4, -0.2) is 25.4 Å². The lowest BCUT2D eigenvalue weighted by Crippen LogP contribution is -2.30. The first-order valence-corrected chi connectivity index (χ1v) is 7.15. The summed E-state index contributed by atoms with van der Waals surface area (Å²) in [6.07, 6.45) is 5.27. The van der Waals surface area contributed by atoms with E-state index in [1.165, 1.54) is 12.8 Å². The molecule has 0 saturated carbocycles. The first-order chi connectivity index (χ1) is 9.86. The minimum absolute atomic E-state index is 0.647. The normalized spacial score (nSPS) is 18.9. The predicted molar refractivity (Wildman–Crippen MR) is 77.8 cm³/mol. The summed E-state index contributed by atoms with van der Waals surface area (Å²) in [5.74, 6) is 2.50.